The normalized spacial score (nSPS) is 24.1. The van der Waals surface area contributed by atoms with Gasteiger partial charge in [-0.3, -0.25) is 4.79 Å². The molecule has 6 atom stereocenters. The lowest BCUT2D eigenvalue weighted by atomic mass is 9.92. The largest absolute Gasteiger partial charge is 0.507 e. The Labute approximate surface area is 291 Å². The fourth-order valence-corrected chi connectivity index (χ4v) is 6.29. The third-order valence-electron chi connectivity index (χ3n) is 8.86. The van der Waals surface area contributed by atoms with Gasteiger partial charge >= 0.3 is 11.9 Å². The molecule has 4 aromatic carbocycles. The van der Waals surface area contributed by atoms with Crippen molar-refractivity contribution in [2.24, 2.45) is 0 Å². The minimum absolute atomic E-state index is 0.0472. The highest BCUT2D eigenvalue weighted by molar-refractivity contribution is 6.08. The maximum atomic E-state index is 13.6. The molecule has 0 spiro atoms. The number of phenolic OH excluding ortho intramolecular Hbond substituents is 7. The first-order valence-corrected chi connectivity index (χ1v) is 15.5. The Morgan fingerprint density at radius 1 is 0.654 bits per heavy atom. The average molecular weight is 721 g/mol. The summed E-state index contributed by atoms with van der Waals surface area (Å²) in [5.41, 5.74) is -2.67. The molecule has 3 aliphatic heterocycles. The van der Waals surface area contributed by atoms with Crippen LogP contribution in [0.3, 0.4) is 0 Å². The summed E-state index contributed by atoms with van der Waals surface area (Å²) in [6, 6.07) is 12.4. The summed E-state index contributed by atoms with van der Waals surface area (Å²) in [5, 5.41) is 95.5. The first-order valence-electron chi connectivity index (χ1n) is 15.5. The van der Waals surface area contributed by atoms with Crippen LogP contribution in [0, 0.1) is 0 Å². The zero-order chi connectivity index (χ0) is 37.2. The minimum Gasteiger partial charge on any atom is -0.507 e. The van der Waals surface area contributed by atoms with E-state index in [2.05, 4.69) is 0 Å². The highest BCUT2D eigenvalue weighted by atomic mass is 16.7. The number of aliphatic hydroxyl groups excluding tert-OH is 2. The van der Waals surface area contributed by atoms with Crippen LogP contribution in [0.4, 0.5) is 0 Å². The predicted molar refractivity (Wildman–Crippen MR) is 170 cm³/mol. The van der Waals surface area contributed by atoms with Crippen LogP contribution in [0.5, 0.6) is 51.7 Å². The topological polar surface area (TPSA) is 279 Å². The number of carbonyl (C=O) groups is 3. The molecule has 7 rings (SSSR count). The van der Waals surface area contributed by atoms with Crippen LogP contribution in [0.2, 0.25) is 0 Å². The number of Topliss-reactive ketones (excluding diaryl/α,β-unsaturated/α-hetero) is 1. The molecule has 0 amide bonds. The molecular formula is C35H28O17. The Morgan fingerprint density at radius 3 is 1.90 bits per heavy atom. The fraction of sp³-hybridized carbons (Fsp3) is 0.229. The summed E-state index contributed by atoms with van der Waals surface area (Å²) in [4.78, 5) is 40.0. The Balaban J connectivity index is 1.23. The lowest BCUT2D eigenvalue weighted by Crippen LogP contribution is -2.61. The molecule has 17 heteroatoms. The Hall–Kier alpha value is -6.43. The maximum Gasteiger partial charge on any atom is 0.339 e. The predicted octanol–water partition coefficient (Wildman–Crippen LogP) is 2.22. The molecule has 0 bridgehead atoms. The summed E-state index contributed by atoms with van der Waals surface area (Å²) in [6.07, 6.45) is -10.1. The second-order valence-corrected chi connectivity index (χ2v) is 12.1. The number of phenols is 7. The van der Waals surface area contributed by atoms with E-state index in [1.807, 2.05) is 0 Å². The van der Waals surface area contributed by atoms with Crippen LogP contribution in [-0.2, 0) is 14.2 Å². The van der Waals surface area contributed by atoms with E-state index in [9.17, 15) is 60.3 Å². The molecule has 0 radical (unpaired) electrons. The van der Waals surface area contributed by atoms with Crippen molar-refractivity contribution in [3.63, 3.8) is 0 Å². The smallest absolute Gasteiger partial charge is 0.339 e. The van der Waals surface area contributed by atoms with Gasteiger partial charge in [0.05, 0.1) is 17.5 Å². The van der Waals surface area contributed by atoms with Crippen molar-refractivity contribution in [1.82, 2.24) is 0 Å². The van der Waals surface area contributed by atoms with Gasteiger partial charge in [-0.05, 0) is 17.7 Å². The second kappa shape index (κ2) is 12.7. The van der Waals surface area contributed by atoms with Gasteiger partial charge in [0.1, 0.15) is 53.8 Å². The van der Waals surface area contributed by atoms with Gasteiger partial charge in [0, 0.05) is 23.3 Å². The Morgan fingerprint density at radius 2 is 1.27 bits per heavy atom. The second-order valence-electron chi connectivity index (χ2n) is 12.1. The van der Waals surface area contributed by atoms with Crippen molar-refractivity contribution >= 4 is 17.7 Å². The molecular weight excluding hydrogens is 692 g/mol. The van der Waals surface area contributed by atoms with Crippen LogP contribution in [0.25, 0.3) is 11.1 Å². The van der Waals surface area contributed by atoms with Gasteiger partial charge in [0.25, 0.3) is 0 Å². The molecule has 1 saturated heterocycles. The Bertz CT molecular complexity index is 2130. The molecule has 3 aliphatic rings. The summed E-state index contributed by atoms with van der Waals surface area (Å²) in [7, 11) is 0. The molecule has 3 heterocycles. The number of carbonyl (C=O) groups excluding carboxylic acids is 3. The van der Waals surface area contributed by atoms with E-state index in [1.165, 1.54) is 6.07 Å². The zero-order valence-electron chi connectivity index (χ0n) is 26.4. The van der Waals surface area contributed by atoms with Crippen molar-refractivity contribution in [2.75, 3.05) is 6.61 Å². The Kier molecular flexibility index (Phi) is 8.32. The fourth-order valence-electron chi connectivity index (χ4n) is 6.29. The van der Waals surface area contributed by atoms with E-state index in [4.69, 9.17) is 23.7 Å². The third kappa shape index (κ3) is 5.62. The minimum atomic E-state index is -2.05. The molecule has 17 nitrogen and oxygen atoms in total. The van der Waals surface area contributed by atoms with Gasteiger partial charge < -0.3 is 69.6 Å². The monoisotopic (exact) mass is 720 g/mol. The number of esters is 2. The lowest BCUT2D eigenvalue weighted by Gasteiger charge is -2.41. The molecule has 52 heavy (non-hydrogen) atoms. The number of cyclic esters (lactones) is 1. The number of aliphatic hydroxyl groups is 2. The van der Waals surface area contributed by atoms with Crippen molar-refractivity contribution in [1.29, 1.82) is 0 Å². The molecule has 0 saturated carbocycles. The van der Waals surface area contributed by atoms with E-state index in [1.54, 1.807) is 30.3 Å². The van der Waals surface area contributed by atoms with Crippen LogP contribution in [0.15, 0.2) is 54.6 Å². The van der Waals surface area contributed by atoms with Crippen LogP contribution < -0.4 is 9.47 Å². The molecule has 9 N–H and O–H groups in total. The number of ketones is 1. The standard InChI is InChI=1S/C35H28O17/c36-16-6-13(7-21-25(16)17(37)10-20(50-21)12-4-2-1-3-5-12)49-35-31(45)30(44)32-22(51-35)11-48-33(46)14-8-18(38)26(40)28(42)23(14)24-15(34(47)52-32)9-19(39)27(41)29(24)43/h1-9,20,22,30-32,35-36,38-45H,10-11H2/t20?,22-,30-,31-,32-,35-/m1/s1. The van der Waals surface area contributed by atoms with Gasteiger partial charge in [-0.25, -0.2) is 9.59 Å². The number of aromatic hydroxyl groups is 7. The van der Waals surface area contributed by atoms with Gasteiger partial charge in [-0.2, -0.15) is 0 Å². The zero-order valence-corrected chi connectivity index (χ0v) is 26.4. The summed E-state index contributed by atoms with van der Waals surface area (Å²) < 4.78 is 28.3. The van der Waals surface area contributed by atoms with Crippen molar-refractivity contribution in [2.45, 2.75) is 43.2 Å². The van der Waals surface area contributed by atoms with E-state index in [0.29, 0.717) is 17.7 Å². The maximum absolute atomic E-state index is 13.6. The number of hydrogen-bond acceptors (Lipinski definition) is 17. The number of hydrogen-bond donors (Lipinski definition) is 9. The number of ether oxygens (including phenoxy) is 5. The van der Waals surface area contributed by atoms with Crippen molar-refractivity contribution < 1.29 is 84.0 Å². The van der Waals surface area contributed by atoms with E-state index in [-0.39, 0.29) is 23.5 Å². The quantitative estimate of drug-likeness (QED) is 0.108. The van der Waals surface area contributed by atoms with E-state index >= 15 is 0 Å². The number of rotatable bonds is 3. The van der Waals surface area contributed by atoms with Gasteiger partial charge in [0.2, 0.25) is 17.8 Å². The van der Waals surface area contributed by atoms with Crippen molar-refractivity contribution in [3.8, 4) is 62.9 Å². The highest BCUT2D eigenvalue weighted by Gasteiger charge is 2.49. The third-order valence-corrected chi connectivity index (χ3v) is 8.86. The molecule has 0 aromatic heterocycles. The summed E-state index contributed by atoms with van der Waals surface area (Å²) in [6.45, 7) is -0.854. The molecule has 270 valence electrons. The van der Waals surface area contributed by atoms with E-state index < -0.39 is 124 Å². The van der Waals surface area contributed by atoms with E-state index in [0.717, 1.165) is 6.07 Å². The highest BCUT2D eigenvalue weighted by Crippen LogP contribution is 2.53. The molecule has 1 fully saturated rings. The number of benzene rings is 4. The van der Waals surface area contributed by atoms with Gasteiger partial charge in [0.15, 0.2) is 34.9 Å². The van der Waals surface area contributed by atoms with Crippen LogP contribution >= 0.6 is 0 Å². The SMILES string of the molecule is O=C1OC[C@H]2O[C@@H](Oc3cc(O)c4c(c3)OC(c3ccccc3)CC4=O)[C@H](O)[C@@H](O)[C@@H]2OC(=O)c2cc(O)c(O)c(O)c2-c2c1cc(O)c(O)c2O. The van der Waals surface area contributed by atoms with Gasteiger partial charge in [-0.1, -0.05) is 30.3 Å². The molecule has 1 unspecified atom stereocenters. The summed E-state index contributed by atoms with van der Waals surface area (Å²) in [5.74, 6) is -11.0. The van der Waals surface area contributed by atoms with Crippen LogP contribution in [-0.4, -0.2) is 101 Å². The first-order chi connectivity index (χ1) is 24.7. The lowest BCUT2D eigenvalue weighted by molar-refractivity contribution is -0.276. The number of fused-ring (bicyclic) bond motifs is 5. The summed E-state index contributed by atoms with van der Waals surface area (Å²) >= 11 is 0. The van der Waals surface area contributed by atoms with Crippen molar-refractivity contribution in [3.05, 3.63) is 76.9 Å². The first kappa shape index (κ1) is 34.0. The van der Waals surface area contributed by atoms with Crippen LogP contribution in [0.1, 0.15) is 49.2 Å². The molecule has 0 aliphatic carbocycles. The van der Waals surface area contributed by atoms with Gasteiger partial charge in [-0.15, -0.1) is 0 Å². The average Bonchev–Trinajstić information content (AvgIpc) is 3.13. The molecule has 4 aromatic rings.